The van der Waals surface area contributed by atoms with E-state index >= 15 is 0 Å². The zero-order chi connectivity index (χ0) is 15.7. The van der Waals surface area contributed by atoms with Crippen LogP contribution in [0.4, 0.5) is 5.69 Å². The smallest absolute Gasteiger partial charge is 0.224 e. The number of nitrogens with zero attached hydrogens (tertiary/aromatic N) is 1. The van der Waals surface area contributed by atoms with Crippen molar-refractivity contribution in [1.82, 2.24) is 4.90 Å². The first-order chi connectivity index (χ1) is 10.1. The van der Waals surface area contributed by atoms with Crippen LogP contribution in [-0.4, -0.2) is 36.2 Å². The molecule has 0 spiro atoms. The molecule has 0 saturated carbocycles. The Morgan fingerprint density at radius 1 is 1.05 bits per heavy atom. The van der Waals surface area contributed by atoms with Gasteiger partial charge in [0.2, 0.25) is 5.91 Å². The lowest BCUT2D eigenvalue weighted by Gasteiger charge is -2.21. The Morgan fingerprint density at radius 2 is 1.62 bits per heavy atom. The van der Waals surface area contributed by atoms with Crippen LogP contribution in [0.15, 0.2) is 24.3 Å². The van der Waals surface area contributed by atoms with E-state index in [0.29, 0.717) is 18.5 Å². The summed E-state index contributed by atoms with van der Waals surface area (Å²) >= 11 is 0. The van der Waals surface area contributed by atoms with Crippen molar-refractivity contribution in [2.24, 2.45) is 0 Å². The lowest BCUT2D eigenvalue weighted by Crippen LogP contribution is -2.33. The molecule has 0 aromatic heterocycles. The number of ketones is 1. The molecule has 0 aliphatic rings. The van der Waals surface area contributed by atoms with Crippen LogP contribution < -0.4 is 5.32 Å². The quantitative estimate of drug-likeness (QED) is 0.710. The van der Waals surface area contributed by atoms with Crippen molar-refractivity contribution >= 4 is 17.4 Å². The van der Waals surface area contributed by atoms with Crippen LogP contribution in [0, 0.1) is 0 Å². The Balaban J connectivity index is 2.41. The number of hydrogen-bond donors (Lipinski definition) is 1. The highest BCUT2D eigenvalue weighted by molar-refractivity contribution is 5.94. The Hall–Kier alpha value is -1.84. The fraction of sp³-hybridized carbons (Fsp3) is 0.529. The van der Waals surface area contributed by atoms with Gasteiger partial charge in [-0.3, -0.25) is 9.59 Å². The minimum Gasteiger partial charge on any atom is -0.385 e. The number of amides is 1. The van der Waals surface area contributed by atoms with E-state index in [1.807, 2.05) is 17.0 Å². The van der Waals surface area contributed by atoms with Gasteiger partial charge in [-0.05, 0) is 44.0 Å². The molecule has 0 aliphatic carbocycles. The van der Waals surface area contributed by atoms with Crippen molar-refractivity contribution < 1.29 is 9.59 Å². The molecular formula is C17H26N2O2. The standard InChI is InChI=1S/C17H26N2O2/c1-4-12-19(13-5-2)17(21)10-11-18-16-8-6-15(7-9-16)14(3)20/h6-9,18H,4-5,10-13H2,1-3H3. The van der Waals surface area contributed by atoms with E-state index in [0.717, 1.165) is 31.6 Å². The van der Waals surface area contributed by atoms with Gasteiger partial charge in [-0.1, -0.05) is 13.8 Å². The van der Waals surface area contributed by atoms with Crippen molar-refractivity contribution in [3.8, 4) is 0 Å². The Bertz CT molecular complexity index is 448. The summed E-state index contributed by atoms with van der Waals surface area (Å²) in [5.41, 5.74) is 1.64. The van der Waals surface area contributed by atoms with Gasteiger partial charge in [0.25, 0.3) is 0 Å². The van der Waals surface area contributed by atoms with E-state index < -0.39 is 0 Å². The zero-order valence-electron chi connectivity index (χ0n) is 13.3. The van der Waals surface area contributed by atoms with Crippen LogP contribution in [-0.2, 0) is 4.79 Å². The maximum atomic E-state index is 12.1. The van der Waals surface area contributed by atoms with E-state index in [2.05, 4.69) is 19.2 Å². The summed E-state index contributed by atoms with van der Waals surface area (Å²) in [6.45, 7) is 8.01. The highest BCUT2D eigenvalue weighted by Gasteiger charge is 2.10. The molecule has 0 heterocycles. The third-order valence-corrected chi connectivity index (χ3v) is 3.30. The number of carbonyl (C=O) groups excluding carboxylic acids is 2. The number of benzene rings is 1. The van der Waals surface area contributed by atoms with Crippen LogP contribution in [0.2, 0.25) is 0 Å². The van der Waals surface area contributed by atoms with Crippen molar-refractivity contribution in [2.75, 3.05) is 25.0 Å². The molecule has 0 atom stereocenters. The number of rotatable bonds is 9. The van der Waals surface area contributed by atoms with Gasteiger partial charge in [-0.2, -0.15) is 0 Å². The van der Waals surface area contributed by atoms with Gasteiger partial charge in [0, 0.05) is 37.3 Å². The molecule has 0 aliphatic heterocycles. The summed E-state index contributed by atoms with van der Waals surface area (Å²) in [6, 6.07) is 7.34. The lowest BCUT2D eigenvalue weighted by atomic mass is 10.1. The second-order valence-electron chi connectivity index (χ2n) is 5.19. The number of nitrogens with one attached hydrogen (secondary N) is 1. The maximum Gasteiger partial charge on any atom is 0.224 e. The largest absolute Gasteiger partial charge is 0.385 e. The van der Waals surface area contributed by atoms with Crippen LogP contribution in [0.1, 0.15) is 50.4 Å². The average molecular weight is 290 g/mol. The molecule has 0 fully saturated rings. The zero-order valence-corrected chi connectivity index (χ0v) is 13.3. The molecule has 21 heavy (non-hydrogen) atoms. The number of hydrogen-bond acceptors (Lipinski definition) is 3. The van der Waals surface area contributed by atoms with E-state index in [1.54, 1.807) is 19.1 Å². The third kappa shape index (κ3) is 5.98. The molecule has 0 saturated heterocycles. The molecule has 4 nitrogen and oxygen atoms in total. The Labute approximate surface area is 127 Å². The van der Waals surface area contributed by atoms with Gasteiger partial charge in [0.1, 0.15) is 0 Å². The lowest BCUT2D eigenvalue weighted by molar-refractivity contribution is -0.131. The molecule has 1 N–H and O–H groups in total. The SMILES string of the molecule is CCCN(CCC)C(=O)CCNc1ccc(C(C)=O)cc1. The second kappa shape index (κ2) is 9.16. The summed E-state index contributed by atoms with van der Waals surface area (Å²) in [5, 5.41) is 3.22. The van der Waals surface area contributed by atoms with Crippen LogP contribution in [0.25, 0.3) is 0 Å². The van der Waals surface area contributed by atoms with Gasteiger partial charge in [0.15, 0.2) is 5.78 Å². The predicted octanol–water partition coefficient (Wildman–Crippen LogP) is 3.34. The van der Waals surface area contributed by atoms with E-state index in [-0.39, 0.29) is 11.7 Å². The van der Waals surface area contributed by atoms with Crippen LogP contribution in [0.5, 0.6) is 0 Å². The summed E-state index contributed by atoms with van der Waals surface area (Å²) in [6.07, 6.45) is 2.48. The summed E-state index contributed by atoms with van der Waals surface area (Å²) in [5.74, 6) is 0.262. The summed E-state index contributed by atoms with van der Waals surface area (Å²) < 4.78 is 0. The maximum absolute atomic E-state index is 12.1. The highest BCUT2D eigenvalue weighted by atomic mass is 16.2. The summed E-state index contributed by atoms with van der Waals surface area (Å²) in [7, 11) is 0. The molecule has 1 aromatic carbocycles. The molecular weight excluding hydrogens is 264 g/mol. The fourth-order valence-electron chi connectivity index (χ4n) is 2.20. The van der Waals surface area contributed by atoms with Crippen LogP contribution in [0.3, 0.4) is 0 Å². The van der Waals surface area contributed by atoms with Gasteiger partial charge in [-0.15, -0.1) is 0 Å². The average Bonchev–Trinajstić information content (AvgIpc) is 2.47. The van der Waals surface area contributed by atoms with Crippen LogP contribution >= 0.6 is 0 Å². The van der Waals surface area contributed by atoms with Crippen molar-refractivity contribution in [2.45, 2.75) is 40.0 Å². The summed E-state index contributed by atoms with van der Waals surface area (Å²) in [4.78, 5) is 25.2. The van der Waals surface area contributed by atoms with Crippen molar-refractivity contribution in [3.05, 3.63) is 29.8 Å². The topological polar surface area (TPSA) is 49.4 Å². The van der Waals surface area contributed by atoms with Gasteiger partial charge in [0.05, 0.1) is 0 Å². The third-order valence-electron chi connectivity index (χ3n) is 3.30. The van der Waals surface area contributed by atoms with E-state index in [4.69, 9.17) is 0 Å². The molecule has 0 radical (unpaired) electrons. The second-order valence-corrected chi connectivity index (χ2v) is 5.19. The first-order valence-corrected chi connectivity index (χ1v) is 7.71. The minimum absolute atomic E-state index is 0.0616. The molecule has 116 valence electrons. The fourth-order valence-corrected chi connectivity index (χ4v) is 2.20. The normalized spacial score (nSPS) is 10.2. The first kappa shape index (κ1) is 17.2. The highest BCUT2D eigenvalue weighted by Crippen LogP contribution is 2.10. The molecule has 1 amide bonds. The number of Topliss-reactive ketones (excluding diaryl/α,β-unsaturated/α-hetero) is 1. The molecule has 4 heteroatoms. The van der Waals surface area contributed by atoms with Gasteiger partial charge in [-0.25, -0.2) is 0 Å². The van der Waals surface area contributed by atoms with E-state index in [1.165, 1.54) is 0 Å². The Kier molecular flexibility index (Phi) is 7.51. The van der Waals surface area contributed by atoms with Crippen molar-refractivity contribution in [1.29, 1.82) is 0 Å². The molecule has 0 bridgehead atoms. The molecule has 1 rings (SSSR count). The van der Waals surface area contributed by atoms with Gasteiger partial charge >= 0.3 is 0 Å². The van der Waals surface area contributed by atoms with E-state index in [9.17, 15) is 9.59 Å². The molecule has 1 aromatic rings. The minimum atomic E-state index is 0.0616. The number of carbonyl (C=O) groups is 2. The first-order valence-electron chi connectivity index (χ1n) is 7.71. The predicted molar refractivity (Wildman–Crippen MR) is 86.7 cm³/mol. The number of anilines is 1. The van der Waals surface area contributed by atoms with Gasteiger partial charge < -0.3 is 10.2 Å². The Morgan fingerprint density at radius 3 is 2.10 bits per heavy atom. The van der Waals surface area contributed by atoms with Crippen molar-refractivity contribution in [3.63, 3.8) is 0 Å². The molecule has 0 unspecified atom stereocenters. The monoisotopic (exact) mass is 290 g/mol.